The van der Waals surface area contributed by atoms with E-state index in [1.165, 1.54) is 20.1 Å². The van der Waals surface area contributed by atoms with Gasteiger partial charge in [0.2, 0.25) is 23.6 Å². The molecule has 9 unspecified atom stereocenters. The summed E-state index contributed by atoms with van der Waals surface area (Å²) >= 11 is 0. The van der Waals surface area contributed by atoms with Gasteiger partial charge in [-0.1, -0.05) is 111 Å². The van der Waals surface area contributed by atoms with Crippen molar-refractivity contribution in [2.75, 3.05) is 99.0 Å². The minimum absolute atomic E-state index is 0.0114. The van der Waals surface area contributed by atoms with Gasteiger partial charge in [-0.3, -0.25) is 47.9 Å². The molecule has 4 amide bonds. The molecule has 14 N–H and O–H groups in total. The van der Waals surface area contributed by atoms with E-state index in [2.05, 4.69) is 26.4 Å². The van der Waals surface area contributed by atoms with Gasteiger partial charge in [-0.2, -0.15) is 0 Å². The highest BCUT2D eigenvalue weighted by Gasteiger charge is 2.52. The third kappa shape index (κ3) is 46.5. The summed E-state index contributed by atoms with van der Waals surface area (Å²) in [5.41, 5.74) is -4.22. The average Bonchev–Trinajstić information content (AvgIpc) is 0.810. The number of aliphatic hydroxyl groups is 10. The van der Waals surface area contributed by atoms with Gasteiger partial charge in [0.1, 0.15) is 70.4 Å². The molecule has 3 saturated heterocycles. The molecule has 20 atom stereocenters. The fourth-order valence-electron chi connectivity index (χ4n) is 16.9. The van der Waals surface area contributed by atoms with Gasteiger partial charge in [0, 0.05) is 153 Å². The largest absolute Gasteiger partial charge is 0.461 e. The second kappa shape index (κ2) is 64.4. The molecule has 0 aromatic rings. The number of unbranched alkanes of at least 4 members (excludes halogenated alkanes) is 16. The van der Waals surface area contributed by atoms with Crippen molar-refractivity contribution >= 4 is 65.2 Å². The smallest absolute Gasteiger partial charge is 0.293 e. The van der Waals surface area contributed by atoms with Gasteiger partial charge in [0.05, 0.1) is 89.9 Å². The van der Waals surface area contributed by atoms with Crippen molar-refractivity contribution in [3.05, 3.63) is 0 Å². The molecule has 1 aliphatic carbocycles. The van der Waals surface area contributed by atoms with Crippen molar-refractivity contribution in [2.45, 2.75) is 396 Å². The Balaban J connectivity index is 1.29. The van der Waals surface area contributed by atoms with Crippen LogP contribution in [0.2, 0.25) is 0 Å². The monoisotopic (exact) mass is 1850 g/mol. The fourth-order valence-corrected chi connectivity index (χ4v) is 16.9. The van der Waals surface area contributed by atoms with Crippen LogP contribution in [0.5, 0.6) is 0 Å². The second-order valence-corrected chi connectivity index (χ2v) is 37.5. The van der Waals surface area contributed by atoms with E-state index in [-0.39, 0.29) is 188 Å². The zero-order chi connectivity index (χ0) is 95.2. The van der Waals surface area contributed by atoms with Crippen LogP contribution in [-0.2, 0) is 100 Å². The molecule has 0 aromatic heterocycles. The number of oxime groups is 1. The first-order valence-electron chi connectivity index (χ1n) is 47.7. The quantitative estimate of drug-likeness (QED) is 0.0145. The van der Waals surface area contributed by atoms with E-state index in [0.717, 1.165) is 51.4 Å². The number of Topliss-reactive ketones (excluding diaryl/α,β-unsaturated/α-hetero) is 5. The summed E-state index contributed by atoms with van der Waals surface area (Å²) in [4.78, 5) is 134. The van der Waals surface area contributed by atoms with Crippen LogP contribution >= 0.6 is 0 Å². The zero-order valence-corrected chi connectivity index (χ0v) is 78.4. The lowest BCUT2D eigenvalue weighted by Gasteiger charge is -2.47. The highest BCUT2D eigenvalue weighted by Crippen LogP contribution is 2.43. The van der Waals surface area contributed by atoms with Crippen molar-refractivity contribution in [3.63, 3.8) is 0 Å². The van der Waals surface area contributed by atoms with E-state index < -0.39 is 140 Å². The highest BCUT2D eigenvalue weighted by atomic mass is 16.7. The molecule has 4 aliphatic rings. The molecule has 3 heterocycles. The van der Waals surface area contributed by atoms with Crippen molar-refractivity contribution < 1.29 is 151 Å². The summed E-state index contributed by atoms with van der Waals surface area (Å²) in [5, 5.41) is 118. The Hall–Kier alpha value is -5.59. The van der Waals surface area contributed by atoms with Crippen molar-refractivity contribution in [1.82, 2.24) is 21.3 Å². The second-order valence-electron chi connectivity index (χ2n) is 37.5. The van der Waals surface area contributed by atoms with Crippen LogP contribution in [0.1, 0.15) is 299 Å². The van der Waals surface area contributed by atoms with E-state index in [0.29, 0.717) is 148 Å². The Morgan fingerprint density at radius 2 is 0.845 bits per heavy atom. The lowest BCUT2D eigenvalue weighted by Crippen LogP contribution is -2.62. The zero-order valence-electron chi connectivity index (χ0n) is 78.4. The predicted molar refractivity (Wildman–Crippen MR) is 474 cm³/mol. The lowest BCUT2D eigenvalue weighted by molar-refractivity contribution is -0.311. The van der Waals surface area contributed by atoms with Crippen molar-refractivity contribution in [1.29, 1.82) is 0 Å². The Kier molecular flexibility index (Phi) is 57.8. The van der Waals surface area contributed by atoms with Gasteiger partial charge in [-0.15, -0.1) is 0 Å². The van der Waals surface area contributed by atoms with E-state index in [9.17, 15) is 99.0 Å². The maximum atomic E-state index is 14.1. The summed E-state index contributed by atoms with van der Waals surface area (Å²) in [5.74, 6) is -3.38. The van der Waals surface area contributed by atoms with Gasteiger partial charge in [0.25, 0.3) is 6.47 Å². The van der Waals surface area contributed by atoms with Crippen LogP contribution in [0.25, 0.3) is 0 Å². The van der Waals surface area contributed by atoms with Crippen molar-refractivity contribution in [3.8, 4) is 0 Å². The number of hydrogen-bond acceptors (Lipinski definition) is 32. The first kappa shape index (κ1) is 116. The number of hydrogen-bond donors (Lipinski definition) is 14. The standard InChI is InChI=1S/C93H163N5O31/c1-64-82(113)84(115)75(55-99)127-87(64)122-46-28-25-36-69(104)32-20-17-22-34-71(106)41-49-119-60-92(62-121-51-43-79(111)95-45-31-44-94-78(110)39-27-30-48-123-88-65(2)83(114)85(116)76(56-100)128-88,61-120-50-42-72(107)35-23-18-21-33-70(105)37-26-29-47-124-89-66(3)86(117)91(8,118)77(57-101)129-89)98-80(112)40-24-16-14-12-10-9-11-13-15-19-38-73(108)58-126-96-54-68-52-93(125-63-102,59-90(5,6)7)53-74(109)81(68)97-67(4)103/h54,63-66,68,74-77,81-89,99-101,109,113-118H,9-53,55-62H2,1-8H3,(H,94,110)(H,95,111)(H,97,103)(H,98,112)/t64-,65-,66-,68?,74?,75?,76?,77?,81-,82?,83?,84-,85-,86?,87+,88+,89+,91-,92?,93-/m1/s1. The molecule has 36 heteroatoms. The van der Waals surface area contributed by atoms with Crippen LogP contribution in [0.15, 0.2) is 5.16 Å². The summed E-state index contributed by atoms with van der Waals surface area (Å²) < 4.78 is 58.5. The number of ether oxygens (including phenoxy) is 10. The number of ketones is 5. The highest BCUT2D eigenvalue weighted by molar-refractivity contribution is 5.81. The summed E-state index contributed by atoms with van der Waals surface area (Å²) in [7, 11) is 0. The number of nitrogens with one attached hydrogen (secondary N) is 4. The maximum Gasteiger partial charge on any atom is 0.293 e. The number of rotatable bonds is 74. The van der Waals surface area contributed by atoms with Gasteiger partial charge < -0.3 is 125 Å². The SMILES string of the molecule is CC(=O)N[C@H]1C(O)C[C@](CC(C)(C)C)(OC=O)CC1C=NOCC(=O)CCCCCCCCCCCCC(=O)NC(COCCC(=O)CCCCCC(=O)CCCCO[C@H]1OC(CO)[C@@H](O)C(O)[C@H]1C)(COCCC(=O)CCCCCC(=O)CCCCO[C@H]1OC(CO)[C@@](C)(O)C(O)[C@H]1C)COCCC(=O)NCCCNC(=O)CCCCO[C@H]1OC(CO)[C@@H](O)C(O)[C@H]1C. The average molecular weight is 1850 g/mol. The van der Waals surface area contributed by atoms with Crippen LogP contribution in [0.3, 0.4) is 0 Å². The molecule has 0 radical (unpaired) electrons. The minimum Gasteiger partial charge on any atom is -0.461 e. The topological polar surface area (TPSA) is 535 Å². The first-order chi connectivity index (χ1) is 61.5. The Labute approximate surface area is 763 Å². The maximum absolute atomic E-state index is 14.1. The van der Waals surface area contributed by atoms with E-state index in [1.54, 1.807) is 20.8 Å². The molecule has 1 saturated carbocycles. The van der Waals surface area contributed by atoms with Crippen LogP contribution in [0.4, 0.5) is 0 Å². The Morgan fingerprint density at radius 3 is 1.28 bits per heavy atom. The number of carbonyl (C=O) groups excluding carboxylic acids is 10. The Bertz CT molecular complexity index is 3130. The van der Waals surface area contributed by atoms with Crippen LogP contribution in [0, 0.1) is 29.1 Å². The number of aliphatic hydroxyl groups excluding tert-OH is 9. The van der Waals surface area contributed by atoms with Gasteiger partial charge in [-0.05, 0) is 109 Å². The summed E-state index contributed by atoms with van der Waals surface area (Å²) in [6, 6.07) is -0.695. The molecule has 129 heavy (non-hydrogen) atoms. The van der Waals surface area contributed by atoms with E-state index in [1.807, 2.05) is 20.8 Å². The van der Waals surface area contributed by atoms with E-state index in [4.69, 9.17) is 52.2 Å². The number of amides is 4. The Morgan fingerprint density at radius 1 is 0.457 bits per heavy atom. The lowest BCUT2D eigenvalue weighted by atomic mass is 9.68. The van der Waals surface area contributed by atoms with Crippen LogP contribution in [-0.4, -0.2) is 312 Å². The predicted octanol–water partition coefficient (Wildman–Crippen LogP) is 5.91. The molecule has 746 valence electrons. The van der Waals surface area contributed by atoms with Crippen molar-refractivity contribution in [2.24, 2.45) is 34.2 Å². The normalized spacial score (nSPS) is 27.1. The molecular weight excluding hydrogens is 1680 g/mol. The van der Waals surface area contributed by atoms with Crippen LogP contribution < -0.4 is 21.3 Å². The fraction of sp³-hybridized carbons (Fsp3) is 0.882. The number of nitrogens with zero attached hydrogens (tertiary/aromatic N) is 1. The van der Waals surface area contributed by atoms with E-state index >= 15 is 0 Å². The molecule has 36 nitrogen and oxygen atoms in total. The van der Waals surface area contributed by atoms with Gasteiger partial charge in [0.15, 0.2) is 31.3 Å². The molecule has 3 aliphatic heterocycles. The van der Waals surface area contributed by atoms with Gasteiger partial charge >= 0.3 is 0 Å². The molecule has 4 rings (SSSR count). The third-order valence-electron chi connectivity index (χ3n) is 24.5. The minimum atomic E-state index is -1.64. The van der Waals surface area contributed by atoms with Gasteiger partial charge in [-0.25, -0.2) is 0 Å². The summed E-state index contributed by atoms with van der Waals surface area (Å²) in [6.07, 6.45) is 8.60. The molecule has 4 fully saturated rings. The number of carbonyl (C=O) groups is 10. The third-order valence-corrected chi connectivity index (χ3v) is 24.5. The molecular formula is C93H163N5O31. The molecule has 0 aromatic carbocycles. The molecule has 0 bridgehead atoms. The molecule has 0 spiro atoms. The summed E-state index contributed by atoms with van der Waals surface area (Å²) in [6.45, 7) is 13.2. The first-order valence-corrected chi connectivity index (χ1v) is 47.7.